The predicted molar refractivity (Wildman–Crippen MR) is 68.7 cm³/mol. The second kappa shape index (κ2) is 5.17. The van der Waals surface area contributed by atoms with Gasteiger partial charge in [0.05, 0.1) is 0 Å². The summed E-state index contributed by atoms with van der Waals surface area (Å²) >= 11 is 3.45. The van der Waals surface area contributed by atoms with E-state index >= 15 is 0 Å². The summed E-state index contributed by atoms with van der Waals surface area (Å²) in [4.78, 5) is 4.30. The highest BCUT2D eigenvalue weighted by Gasteiger charge is 2.23. The van der Waals surface area contributed by atoms with Gasteiger partial charge >= 0.3 is 0 Å². The third-order valence-corrected chi connectivity index (χ3v) is 4.16. The van der Waals surface area contributed by atoms with Crippen LogP contribution < -0.4 is 4.74 Å². The van der Waals surface area contributed by atoms with Crippen molar-refractivity contribution in [2.24, 2.45) is 5.92 Å². The molecule has 1 heterocycles. The number of aryl methyl sites for hydroxylation is 1. The first-order chi connectivity index (χ1) is 7.66. The van der Waals surface area contributed by atoms with Crippen molar-refractivity contribution in [1.29, 1.82) is 0 Å². The Hall–Kier alpha value is -0.570. The largest absolute Gasteiger partial charge is 0.474 e. The zero-order valence-electron chi connectivity index (χ0n) is 9.87. The third kappa shape index (κ3) is 2.76. The monoisotopic (exact) mass is 283 g/mol. The Labute approximate surface area is 106 Å². The van der Waals surface area contributed by atoms with Crippen molar-refractivity contribution in [3.63, 3.8) is 0 Å². The Morgan fingerprint density at radius 1 is 1.38 bits per heavy atom. The number of nitrogens with zero attached hydrogens (tertiary/aromatic N) is 1. The van der Waals surface area contributed by atoms with Crippen molar-refractivity contribution in [3.8, 4) is 5.88 Å². The molecule has 0 spiro atoms. The highest BCUT2D eigenvalue weighted by atomic mass is 79.9. The number of ether oxygens (including phenoxy) is 1. The van der Waals surface area contributed by atoms with Gasteiger partial charge in [-0.3, -0.25) is 0 Å². The van der Waals surface area contributed by atoms with E-state index in [9.17, 15) is 0 Å². The summed E-state index contributed by atoms with van der Waals surface area (Å²) in [6.07, 6.45) is 7.23. The average molecular weight is 284 g/mol. The molecular formula is C13H18BrNO. The van der Waals surface area contributed by atoms with Gasteiger partial charge in [0.15, 0.2) is 0 Å². The van der Waals surface area contributed by atoms with Crippen LogP contribution in [0.15, 0.2) is 16.7 Å². The molecule has 1 saturated carbocycles. The topological polar surface area (TPSA) is 22.1 Å². The molecule has 0 aromatic carbocycles. The molecule has 2 atom stereocenters. The lowest BCUT2D eigenvalue weighted by Gasteiger charge is -2.28. The predicted octanol–water partition coefficient (Wildman–Crippen LogP) is 4.11. The van der Waals surface area contributed by atoms with Crippen LogP contribution in [0.5, 0.6) is 5.88 Å². The van der Waals surface area contributed by atoms with Crippen molar-refractivity contribution in [3.05, 3.63) is 22.3 Å². The molecule has 1 aliphatic carbocycles. The van der Waals surface area contributed by atoms with E-state index in [0.29, 0.717) is 12.0 Å². The molecule has 0 saturated heterocycles. The smallest absolute Gasteiger partial charge is 0.213 e. The molecule has 2 rings (SSSR count). The minimum Gasteiger partial charge on any atom is -0.474 e. The van der Waals surface area contributed by atoms with E-state index in [2.05, 4.69) is 34.8 Å². The zero-order valence-corrected chi connectivity index (χ0v) is 11.5. The highest BCUT2D eigenvalue weighted by Crippen LogP contribution is 2.28. The lowest BCUT2D eigenvalue weighted by Crippen LogP contribution is -2.28. The molecule has 2 unspecified atom stereocenters. The number of aromatic nitrogens is 1. The molecule has 1 fully saturated rings. The van der Waals surface area contributed by atoms with E-state index in [1.54, 1.807) is 0 Å². The van der Waals surface area contributed by atoms with Crippen molar-refractivity contribution < 1.29 is 4.74 Å². The molecule has 0 amide bonds. The summed E-state index contributed by atoms with van der Waals surface area (Å²) in [5, 5.41) is 0. The van der Waals surface area contributed by atoms with Crippen LogP contribution in [-0.4, -0.2) is 11.1 Å². The molecule has 2 nitrogen and oxygen atoms in total. The van der Waals surface area contributed by atoms with Crippen molar-refractivity contribution in [2.45, 2.75) is 45.6 Å². The van der Waals surface area contributed by atoms with E-state index in [4.69, 9.17) is 4.74 Å². The normalized spacial score (nSPS) is 25.4. The van der Waals surface area contributed by atoms with Crippen LogP contribution in [0.1, 0.15) is 38.2 Å². The maximum atomic E-state index is 5.97. The van der Waals surface area contributed by atoms with Gasteiger partial charge in [0.2, 0.25) is 5.88 Å². The first-order valence-electron chi connectivity index (χ1n) is 5.95. The number of rotatable bonds is 2. The average Bonchev–Trinajstić information content (AvgIpc) is 2.27. The molecule has 1 aromatic heterocycles. The Balaban J connectivity index is 2.05. The van der Waals surface area contributed by atoms with Crippen molar-refractivity contribution in [2.75, 3.05) is 0 Å². The summed E-state index contributed by atoms with van der Waals surface area (Å²) in [5.74, 6) is 1.42. The van der Waals surface area contributed by atoms with E-state index < -0.39 is 0 Å². The van der Waals surface area contributed by atoms with Gasteiger partial charge in [0, 0.05) is 16.7 Å². The fraction of sp³-hybridized carbons (Fsp3) is 0.615. The number of hydrogen-bond acceptors (Lipinski definition) is 2. The quantitative estimate of drug-likeness (QED) is 0.815. The maximum Gasteiger partial charge on any atom is 0.213 e. The maximum absolute atomic E-state index is 5.97. The lowest BCUT2D eigenvalue weighted by molar-refractivity contribution is 0.0975. The van der Waals surface area contributed by atoms with Gasteiger partial charge in [-0.05, 0) is 53.6 Å². The van der Waals surface area contributed by atoms with Crippen LogP contribution in [0.2, 0.25) is 0 Å². The minimum absolute atomic E-state index is 0.349. The highest BCUT2D eigenvalue weighted by molar-refractivity contribution is 9.10. The second-order valence-electron chi connectivity index (χ2n) is 4.69. The third-order valence-electron chi connectivity index (χ3n) is 3.33. The van der Waals surface area contributed by atoms with Crippen LogP contribution in [0.25, 0.3) is 0 Å². The molecule has 88 valence electrons. The lowest BCUT2D eigenvalue weighted by atomic mass is 9.88. The fourth-order valence-electron chi connectivity index (χ4n) is 2.19. The Bertz CT molecular complexity index is 367. The van der Waals surface area contributed by atoms with E-state index in [-0.39, 0.29) is 0 Å². The van der Waals surface area contributed by atoms with Gasteiger partial charge in [0.25, 0.3) is 0 Å². The SMILES string of the molecule is Cc1cc(OC2CCCCC2C)ncc1Br. The van der Waals surface area contributed by atoms with E-state index in [1.165, 1.54) is 24.8 Å². The van der Waals surface area contributed by atoms with Gasteiger partial charge in [0.1, 0.15) is 6.10 Å². The number of pyridine rings is 1. The summed E-state index contributed by atoms with van der Waals surface area (Å²) < 4.78 is 7.01. The Morgan fingerprint density at radius 2 is 2.12 bits per heavy atom. The Kier molecular flexibility index (Phi) is 3.85. The summed E-state index contributed by atoms with van der Waals surface area (Å²) in [6, 6.07) is 2.01. The summed E-state index contributed by atoms with van der Waals surface area (Å²) in [7, 11) is 0. The van der Waals surface area contributed by atoms with E-state index in [0.717, 1.165) is 16.8 Å². The molecule has 1 aromatic rings. The molecule has 1 aliphatic rings. The van der Waals surface area contributed by atoms with Crippen molar-refractivity contribution >= 4 is 15.9 Å². The van der Waals surface area contributed by atoms with Crippen LogP contribution in [-0.2, 0) is 0 Å². The van der Waals surface area contributed by atoms with Crippen LogP contribution in [0, 0.1) is 12.8 Å². The van der Waals surface area contributed by atoms with Crippen LogP contribution in [0.4, 0.5) is 0 Å². The molecule has 0 aliphatic heterocycles. The van der Waals surface area contributed by atoms with Crippen LogP contribution in [0.3, 0.4) is 0 Å². The molecule has 16 heavy (non-hydrogen) atoms. The van der Waals surface area contributed by atoms with Gasteiger partial charge in [-0.25, -0.2) is 4.98 Å². The van der Waals surface area contributed by atoms with Crippen molar-refractivity contribution in [1.82, 2.24) is 4.98 Å². The van der Waals surface area contributed by atoms with Crippen LogP contribution >= 0.6 is 15.9 Å². The summed E-state index contributed by atoms with van der Waals surface area (Å²) in [5.41, 5.74) is 1.17. The molecule has 0 N–H and O–H groups in total. The van der Waals surface area contributed by atoms with E-state index in [1.807, 2.05) is 12.3 Å². The molecule has 3 heteroatoms. The molecule has 0 bridgehead atoms. The standard InChI is InChI=1S/C13H18BrNO/c1-9-5-3-4-6-12(9)16-13-7-10(2)11(14)8-15-13/h7-9,12H,3-6H2,1-2H3. The second-order valence-corrected chi connectivity index (χ2v) is 5.54. The zero-order chi connectivity index (χ0) is 11.5. The molecular weight excluding hydrogens is 266 g/mol. The first-order valence-corrected chi connectivity index (χ1v) is 6.75. The first kappa shape index (κ1) is 11.9. The number of halogens is 1. The van der Waals surface area contributed by atoms with Gasteiger partial charge in [-0.1, -0.05) is 13.3 Å². The fourth-order valence-corrected chi connectivity index (χ4v) is 2.41. The summed E-state index contributed by atoms with van der Waals surface area (Å²) in [6.45, 7) is 4.33. The van der Waals surface area contributed by atoms with Gasteiger partial charge in [-0.2, -0.15) is 0 Å². The number of hydrogen-bond donors (Lipinski definition) is 0. The van der Waals surface area contributed by atoms with Gasteiger partial charge in [-0.15, -0.1) is 0 Å². The minimum atomic E-state index is 0.349. The Morgan fingerprint density at radius 3 is 2.81 bits per heavy atom. The van der Waals surface area contributed by atoms with Gasteiger partial charge < -0.3 is 4.74 Å². The molecule has 0 radical (unpaired) electrons.